The Balaban J connectivity index is 2.17. The zero-order chi connectivity index (χ0) is 14.8. The van der Waals surface area contributed by atoms with Crippen LogP contribution in [0.15, 0.2) is 27.8 Å². The highest BCUT2D eigenvalue weighted by Crippen LogP contribution is 2.39. The molecule has 0 saturated carbocycles. The quantitative estimate of drug-likeness (QED) is 0.826. The second-order valence-electron chi connectivity index (χ2n) is 5.45. The summed E-state index contributed by atoms with van der Waals surface area (Å²) in [4.78, 5) is 4.22. The highest BCUT2D eigenvalue weighted by molar-refractivity contribution is 9.10. The molecule has 0 bridgehead atoms. The largest absolute Gasteiger partial charge is 0.262 e. The summed E-state index contributed by atoms with van der Waals surface area (Å²) in [5.74, 6) is 0. The Morgan fingerprint density at radius 3 is 2.35 bits per heavy atom. The van der Waals surface area contributed by atoms with Gasteiger partial charge in [-0.05, 0) is 40.3 Å². The van der Waals surface area contributed by atoms with Gasteiger partial charge < -0.3 is 0 Å². The number of hydrogen-bond donors (Lipinski definition) is 0. The molecule has 0 atom stereocenters. The molecule has 6 heteroatoms. The zero-order valence-electron chi connectivity index (χ0n) is 12.0. The molecule has 1 aromatic heterocycles. The van der Waals surface area contributed by atoms with Crippen LogP contribution in [0.4, 0.5) is 0 Å². The Morgan fingerprint density at radius 1 is 1.25 bits per heavy atom. The minimum Gasteiger partial charge on any atom is -0.262 e. The minimum absolute atomic E-state index is 0.271. The Kier molecular flexibility index (Phi) is 4.87. The van der Waals surface area contributed by atoms with Gasteiger partial charge in [-0.2, -0.15) is 4.31 Å². The van der Waals surface area contributed by atoms with Crippen LogP contribution in [-0.2, 0) is 10.0 Å². The van der Waals surface area contributed by atoms with Gasteiger partial charge >= 0.3 is 0 Å². The summed E-state index contributed by atoms with van der Waals surface area (Å²) >= 11 is 3.27. The summed E-state index contributed by atoms with van der Waals surface area (Å²) in [7, 11) is -3.41. The molecule has 1 saturated heterocycles. The first-order valence-electron chi connectivity index (χ1n) is 7.04. The number of sulfonamides is 1. The molecule has 0 spiro atoms. The van der Waals surface area contributed by atoms with Crippen LogP contribution in [0.1, 0.15) is 39.5 Å². The van der Waals surface area contributed by atoms with E-state index < -0.39 is 10.0 Å². The molecule has 0 radical (unpaired) electrons. The number of halogens is 1. The van der Waals surface area contributed by atoms with E-state index in [0.717, 1.165) is 25.7 Å². The predicted octanol–water partition coefficient (Wildman–Crippen LogP) is 3.44. The number of piperidine rings is 1. The maximum absolute atomic E-state index is 12.6. The van der Waals surface area contributed by atoms with Crippen molar-refractivity contribution in [3.05, 3.63) is 22.9 Å². The smallest absolute Gasteiger partial charge is 0.244 e. The van der Waals surface area contributed by atoms with Crippen LogP contribution in [0.25, 0.3) is 0 Å². The number of nitrogens with zero attached hydrogens (tertiary/aromatic N) is 2. The molecule has 0 amide bonds. The lowest BCUT2D eigenvalue weighted by molar-refractivity contribution is 0.141. The Bertz CT molecular complexity index is 560. The predicted molar refractivity (Wildman–Crippen MR) is 82.9 cm³/mol. The maximum Gasteiger partial charge on any atom is 0.244 e. The van der Waals surface area contributed by atoms with Crippen molar-refractivity contribution in [3.63, 3.8) is 0 Å². The van der Waals surface area contributed by atoms with Gasteiger partial charge in [-0.25, -0.2) is 8.42 Å². The van der Waals surface area contributed by atoms with Gasteiger partial charge in [0, 0.05) is 30.0 Å². The second kappa shape index (κ2) is 6.12. The van der Waals surface area contributed by atoms with Gasteiger partial charge in [0.15, 0.2) is 0 Å². The topological polar surface area (TPSA) is 50.3 Å². The molecular formula is C14H21BrN2O2S. The van der Waals surface area contributed by atoms with Crippen molar-refractivity contribution >= 4 is 26.0 Å². The number of hydrogen-bond acceptors (Lipinski definition) is 3. The van der Waals surface area contributed by atoms with Gasteiger partial charge in [0.1, 0.15) is 4.90 Å². The van der Waals surface area contributed by atoms with Crippen LogP contribution in [0, 0.1) is 5.41 Å². The van der Waals surface area contributed by atoms with Crippen molar-refractivity contribution in [2.75, 3.05) is 13.1 Å². The lowest BCUT2D eigenvalue weighted by atomic mass is 9.75. The fraction of sp³-hybridized carbons (Fsp3) is 0.643. The molecule has 0 unspecified atom stereocenters. The van der Waals surface area contributed by atoms with Crippen LogP contribution in [0.2, 0.25) is 0 Å². The lowest BCUT2D eigenvalue weighted by Gasteiger charge is -2.40. The third kappa shape index (κ3) is 3.07. The van der Waals surface area contributed by atoms with Crippen molar-refractivity contribution in [2.24, 2.45) is 5.41 Å². The van der Waals surface area contributed by atoms with E-state index in [-0.39, 0.29) is 4.90 Å². The van der Waals surface area contributed by atoms with E-state index in [1.165, 1.54) is 6.20 Å². The highest BCUT2D eigenvalue weighted by atomic mass is 79.9. The van der Waals surface area contributed by atoms with Crippen LogP contribution in [0.3, 0.4) is 0 Å². The second-order valence-corrected chi connectivity index (χ2v) is 8.30. The van der Waals surface area contributed by atoms with Crippen molar-refractivity contribution in [2.45, 2.75) is 44.4 Å². The summed E-state index contributed by atoms with van der Waals surface area (Å²) in [6, 6.07) is 1.61. The van der Waals surface area contributed by atoms with E-state index in [0.29, 0.717) is 23.0 Å². The third-order valence-corrected chi connectivity index (χ3v) is 6.90. The SMILES string of the molecule is CCC1(CC)CCN(S(=O)(=O)c2cncc(Br)c2)CC1. The number of rotatable bonds is 4. The van der Waals surface area contributed by atoms with Crippen molar-refractivity contribution in [3.8, 4) is 0 Å². The fourth-order valence-electron chi connectivity index (χ4n) is 2.84. The molecule has 0 aromatic carbocycles. The third-order valence-electron chi connectivity index (χ3n) is 4.60. The molecule has 2 rings (SSSR count). The van der Waals surface area contributed by atoms with Gasteiger partial charge in [0.25, 0.3) is 0 Å². The molecule has 1 aromatic rings. The molecule has 2 heterocycles. The minimum atomic E-state index is -3.41. The highest BCUT2D eigenvalue weighted by Gasteiger charge is 2.36. The summed E-state index contributed by atoms with van der Waals surface area (Å²) in [6.45, 7) is 5.62. The molecule has 1 aliphatic heterocycles. The Hall–Kier alpha value is -0.460. The average molecular weight is 361 g/mol. The lowest BCUT2D eigenvalue weighted by Crippen LogP contribution is -2.42. The number of pyridine rings is 1. The van der Waals surface area contributed by atoms with Gasteiger partial charge in [-0.15, -0.1) is 0 Å². The summed E-state index contributed by atoms with van der Waals surface area (Å²) in [6.07, 6.45) is 7.14. The van der Waals surface area contributed by atoms with Gasteiger partial charge in [0.2, 0.25) is 10.0 Å². The van der Waals surface area contributed by atoms with Crippen LogP contribution >= 0.6 is 15.9 Å². The van der Waals surface area contributed by atoms with E-state index in [4.69, 9.17) is 0 Å². The van der Waals surface area contributed by atoms with Crippen molar-refractivity contribution in [1.82, 2.24) is 9.29 Å². The first kappa shape index (κ1) is 15.9. The van der Waals surface area contributed by atoms with Gasteiger partial charge in [0.05, 0.1) is 0 Å². The normalized spacial score (nSPS) is 19.9. The summed E-state index contributed by atoms with van der Waals surface area (Å²) in [5, 5.41) is 0. The van der Waals surface area contributed by atoms with E-state index >= 15 is 0 Å². The molecular weight excluding hydrogens is 340 g/mol. The van der Waals surface area contributed by atoms with Crippen molar-refractivity contribution < 1.29 is 8.42 Å². The maximum atomic E-state index is 12.6. The fourth-order valence-corrected chi connectivity index (χ4v) is 4.79. The average Bonchev–Trinajstić information content (AvgIpc) is 2.47. The summed E-state index contributed by atoms with van der Waals surface area (Å²) in [5.41, 5.74) is 0.321. The first-order chi connectivity index (χ1) is 9.43. The Morgan fingerprint density at radius 2 is 1.85 bits per heavy atom. The number of aromatic nitrogens is 1. The molecule has 1 fully saturated rings. The van der Waals surface area contributed by atoms with E-state index in [2.05, 4.69) is 34.8 Å². The van der Waals surface area contributed by atoms with Gasteiger partial charge in [-0.1, -0.05) is 26.7 Å². The molecule has 112 valence electrons. The first-order valence-corrected chi connectivity index (χ1v) is 9.27. The molecule has 4 nitrogen and oxygen atoms in total. The van der Waals surface area contributed by atoms with Crippen molar-refractivity contribution in [1.29, 1.82) is 0 Å². The van der Waals surface area contributed by atoms with Crippen LogP contribution in [0.5, 0.6) is 0 Å². The van der Waals surface area contributed by atoms with Crippen LogP contribution in [-0.4, -0.2) is 30.8 Å². The van der Waals surface area contributed by atoms with E-state index in [1.807, 2.05) is 0 Å². The molecule has 1 aliphatic rings. The van der Waals surface area contributed by atoms with E-state index in [1.54, 1.807) is 16.6 Å². The monoisotopic (exact) mass is 360 g/mol. The molecule has 0 N–H and O–H groups in total. The Labute approximate surface area is 129 Å². The van der Waals surface area contributed by atoms with E-state index in [9.17, 15) is 8.42 Å². The molecule has 20 heavy (non-hydrogen) atoms. The zero-order valence-corrected chi connectivity index (χ0v) is 14.4. The van der Waals surface area contributed by atoms with Crippen LogP contribution < -0.4 is 0 Å². The molecule has 0 aliphatic carbocycles. The van der Waals surface area contributed by atoms with Gasteiger partial charge in [-0.3, -0.25) is 4.98 Å². The standard InChI is InChI=1S/C14H21BrN2O2S/c1-3-14(4-2)5-7-17(8-6-14)20(18,19)13-9-12(15)10-16-11-13/h9-11H,3-8H2,1-2H3. The summed E-state index contributed by atoms with van der Waals surface area (Å²) < 4.78 is 27.5.